The van der Waals surface area contributed by atoms with E-state index in [1.54, 1.807) is 0 Å². The van der Waals surface area contributed by atoms with Gasteiger partial charge in [0.05, 0.1) is 0 Å². The summed E-state index contributed by atoms with van der Waals surface area (Å²) in [5, 5.41) is 0. The van der Waals surface area contributed by atoms with Crippen molar-refractivity contribution < 1.29 is 4.39 Å². The number of likely N-dealkylation sites (tertiary alicyclic amines) is 1. The molecule has 94 valence electrons. The van der Waals surface area contributed by atoms with Crippen molar-refractivity contribution >= 4 is 0 Å². The Morgan fingerprint density at radius 3 is 2.12 bits per heavy atom. The molecular formula is C13H25FN2. The maximum atomic E-state index is 13.5. The molecule has 16 heavy (non-hydrogen) atoms. The van der Waals surface area contributed by atoms with Gasteiger partial charge in [0.15, 0.2) is 0 Å². The highest BCUT2D eigenvalue weighted by Crippen LogP contribution is 2.47. The molecule has 1 aliphatic carbocycles. The maximum Gasteiger partial charge on any atom is 0.116 e. The van der Waals surface area contributed by atoms with Crippen LogP contribution in [-0.2, 0) is 0 Å². The van der Waals surface area contributed by atoms with Crippen molar-refractivity contribution in [1.82, 2.24) is 4.90 Å². The molecule has 1 aliphatic heterocycles. The Morgan fingerprint density at radius 2 is 1.75 bits per heavy atom. The lowest BCUT2D eigenvalue weighted by Gasteiger charge is -2.46. The lowest BCUT2D eigenvalue weighted by molar-refractivity contribution is 0.0330. The van der Waals surface area contributed by atoms with Gasteiger partial charge < -0.3 is 5.73 Å². The molecule has 3 heteroatoms. The van der Waals surface area contributed by atoms with Crippen LogP contribution in [0.25, 0.3) is 0 Å². The summed E-state index contributed by atoms with van der Waals surface area (Å²) in [6.07, 6.45) is 3.06. The number of halogens is 1. The molecule has 0 aromatic carbocycles. The van der Waals surface area contributed by atoms with Crippen LogP contribution in [0.1, 0.15) is 46.5 Å². The van der Waals surface area contributed by atoms with E-state index in [-0.39, 0.29) is 17.0 Å². The first-order valence-electron chi connectivity index (χ1n) is 6.50. The number of rotatable bonds is 0. The largest absolute Gasteiger partial charge is 0.325 e. The number of nitrogens with zero attached hydrogens (tertiary/aromatic N) is 1. The molecule has 1 spiro atoms. The molecule has 0 radical (unpaired) electrons. The average molecular weight is 228 g/mol. The number of nitrogens with two attached hydrogens (primary N) is 1. The Kier molecular flexibility index (Phi) is 3.04. The predicted molar refractivity (Wildman–Crippen MR) is 65.1 cm³/mol. The number of hydrogen-bond acceptors (Lipinski definition) is 2. The van der Waals surface area contributed by atoms with Gasteiger partial charge in [0.1, 0.15) is 6.17 Å². The van der Waals surface area contributed by atoms with Gasteiger partial charge in [0.25, 0.3) is 0 Å². The predicted octanol–water partition coefficient (Wildman–Crippen LogP) is 2.33. The summed E-state index contributed by atoms with van der Waals surface area (Å²) in [4.78, 5) is 2.50. The van der Waals surface area contributed by atoms with Crippen LogP contribution in [0, 0.1) is 5.41 Å². The summed E-state index contributed by atoms with van der Waals surface area (Å²) in [5.74, 6) is 0. The average Bonchev–Trinajstić information content (AvgIpc) is 2.47. The van der Waals surface area contributed by atoms with Crippen molar-refractivity contribution in [3.05, 3.63) is 0 Å². The van der Waals surface area contributed by atoms with Gasteiger partial charge in [0, 0.05) is 11.6 Å². The van der Waals surface area contributed by atoms with Crippen LogP contribution in [0.15, 0.2) is 0 Å². The fraction of sp³-hybridized carbons (Fsp3) is 1.00. The van der Waals surface area contributed by atoms with Crippen LogP contribution in [0.3, 0.4) is 0 Å². The monoisotopic (exact) mass is 228 g/mol. The summed E-state index contributed by atoms with van der Waals surface area (Å²) >= 11 is 0. The first-order valence-corrected chi connectivity index (χ1v) is 6.50. The lowest BCUT2D eigenvalue weighted by atomic mass is 9.73. The third kappa shape index (κ3) is 2.00. The van der Waals surface area contributed by atoms with E-state index in [4.69, 9.17) is 5.73 Å². The molecule has 0 bridgehead atoms. The highest BCUT2D eigenvalue weighted by Gasteiger charge is 2.48. The summed E-state index contributed by atoms with van der Waals surface area (Å²) in [5.41, 5.74) is 6.40. The van der Waals surface area contributed by atoms with Crippen LogP contribution in [-0.4, -0.2) is 35.7 Å². The smallest absolute Gasteiger partial charge is 0.116 e. The second-order valence-electron chi connectivity index (χ2n) is 6.60. The summed E-state index contributed by atoms with van der Waals surface area (Å²) in [7, 11) is 0. The molecule has 1 saturated heterocycles. The van der Waals surface area contributed by atoms with E-state index in [0.717, 1.165) is 32.4 Å². The van der Waals surface area contributed by atoms with Crippen molar-refractivity contribution in [3.63, 3.8) is 0 Å². The normalized spacial score (nSPS) is 35.8. The molecule has 2 N–H and O–H groups in total. The van der Waals surface area contributed by atoms with E-state index in [9.17, 15) is 4.39 Å². The van der Waals surface area contributed by atoms with Crippen molar-refractivity contribution in [2.24, 2.45) is 11.1 Å². The molecular weight excluding hydrogens is 203 g/mol. The van der Waals surface area contributed by atoms with Crippen LogP contribution in [0.4, 0.5) is 4.39 Å². The van der Waals surface area contributed by atoms with Crippen LogP contribution in [0.2, 0.25) is 0 Å². The first-order chi connectivity index (χ1) is 7.35. The van der Waals surface area contributed by atoms with Gasteiger partial charge in [-0.15, -0.1) is 0 Å². The van der Waals surface area contributed by atoms with Crippen LogP contribution < -0.4 is 5.73 Å². The van der Waals surface area contributed by atoms with E-state index in [2.05, 4.69) is 25.7 Å². The molecule has 2 aliphatic rings. The second kappa shape index (κ2) is 3.95. The Morgan fingerprint density at radius 1 is 1.19 bits per heavy atom. The SMILES string of the molecule is CC(C)(C)N1CCC2(CCC(F)[C@H]2N)CC1. The van der Waals surface area contributed by atoms with E-state index in [0.29, 0.717) is 6.42 Å². The zero-order valence-corrected chi connectivity index (χ0v) is 10.8. The van der Waals surface area contributed by atoms with Gasteiger partial charge in [0.2, 0.25) is 0 Å². The molecule has 1 saturated carbocycles. The fourth-order valence-corrected chi connectivity index (χ4v) is 3.36. The Bertz CT molecular complexity index is 251. The molecule has 1 heterocycles. The molecule has 0 aromatic rings. The van der Waals surface area contributed by atoms with Gasteiger partial charge in [-0.3, -0.25) is 4.90 Å². The quantitative estimate of drug-likeness (QED) is 0.689. The molecule has 2 nitrogen and oxygen atoms in total. The minimum atomic E-state index is -0.763. The van der Waals surface area contributed by atoms with E-state index < -0.39 is 6.17 Å². The van der Waals surface area contributed by atoms with Crippen molar-refractivity contribution in [3.8, 4) is 0 Å². The van der Waals surface area contributed by atoms with Crippen molar-refractivity contribution in [1.29, 1.82) is 0 Å². The third-order valence-corrected chi connectivity index (χ3v) is 4.72. The van der Waals surface area contributed by atoms with E-state index in [1.165, 1.54) is 0 Å². The summed E-state index contributed by atoms with van der Waals surface area (Å²) < 4.78 is 13.5. The van der Waals surface area contributed by atoms with Gasteiger partial charge >= 0.3 is 0 Å². The van der Waals surface area contributed by atoms with Gasteiger partial charge in [-0.2, -0.15) is 0 Å². The number of hydrogen-bond donors (Lipinski definition) is 1. The van der Waals surface area contributed by atoms with Gasteiger partial charge in [-0.05, 0) is 65.0 Å². The third-order valence-electron chi connectivity index (χ3n) is 4.72. The fourth-order valence-electron chi connectivity index (χ4n) is 3.36. The minimum absolute atomic E-state index is 0.112. The maximum absolute atomic E-state index is 13.5. The highest BCUT2D eigenvalue weighted by atomic mass is 19.1. The molecule has 1 unspecified atom stereocenters. The summed E-state index contributed by atoms with van der Waals surface area (Å²) in [6, 6.07) is -0.213. The Balaban J connectivity index is 2.00. The second-order valence-corrected chi connectivity index (χ2v) is 6.60. The van der Waals surface area contributed by atoms with Gasteiger partial charge in [-0.25, -0.2) is 4.39 Å². The first kappa shape index (κ1) is 12.3. The van der Waals surface area contributed by atoms with Crippen molar-refractivity contribution in [2.75, 3.05) is 13.1 Å². The van der Waals surface area contributed by atoms with Gasteiger partial charge in [-0.1, -0.05) is 0 Å². The Labute approximate surface area is 98.4 Å². The highest BCUT2D eigenvalue weighted by molar-refractivity contribution is 5.03. The molecule has 0 amide bonds. The topological polar surface area (TPSA) is 29.3 Å². The van der Waals surface area contributed by atoms with Crippen molar-refractivity contribution in [2.45, 2.75) is 64.2 Å². The zero-order valence-electron chi connectivity index (χ0n) is 10.8. The molecule has 2 rings (SSSR count). The van der Waals surface area contributed by atoms with E-state index >= 15 is 0 Å². The summed E-state index contributed by atoms with van der Waals surface area (Å²) in [6.45, 7) is 8.89. The van der Waals surface area contributed by atoms with Crippen LogP contribution >= 0.6 is 0 Å². The minimum Gasteiger partial charge on any atom is -0.325 e. The number of piperidine rings is 1. The molecule has 2 fully saturated rings. The van der Waals surface area contributed by atoms with E-state index in [1.807, 2.05) is 0 Å². The Hall–Kier alpha value is -0.150. The molecule has 2 atom stereocenters. The van der Waals surface area contributed by atoms with Crippen LogP contribution in [0.5, 0.6) is 0 Å². The number of alkyl halides is 1. The standard InChI is InChI=1S/C13H25FN2/c1-12(2,3)16-8-6-13(7-9-16)5-4-10(14)11(13)15/h10-11H,4-9,15H2,1-3H3/t10?,11-/m1/s1. The molecule has 0 aromatic heterocycles. The lowest BCUT2D eigenvalue weighted by Crippen LogP contribution is -2.53. The zero-order chi connectivity index (χ0) is 12.0.